The zero-order chi connectivity index (χ0) is 29.4. The van der Waals surface area contributed by atoms with Gasteiger partial charge >= 0.3 is 0 Å². The lowest BCUT2D eigenvalue weighted by molar-refractivity contribution is -0.369. The van der Waals surface area contributed by atoms with Crippen LogP contribution in [0.3, 0.4) is 0 Å². The number of hydrogen-bond donors (Lipinski definition) is 2. The molecule has 2 N–H and O–H groups in total. The van der Waals surface area contributed by atoms with Crippen molar-refractivity contribution in [2.75, 3.05) is 19.8 Å². The Bertz CT molecular complexity index is 1420. The molecule has 10 heteroatoms. The van der Waals surface area contributed by atoms with Crippen LogP contribution in [0.25, 0.3) is 11.1 Å². The van der Waals surface area contributed by atoms with Gasteiger partial charge in [0, 0.05) is 40.6 Å². The number of aliphatic hydroxyl groups excluding tert-OH is 1. The monoisotopic (exact) mass is 589 g/mol. The van der Waals surface area contributed by atoms with Crippen LogP contribution >= 0.6 is 11.6 Å². The largest absolute Gasteiger partial charge is 0.493 e. The van der Waals surface area contributed by atoms with E-state index in [0.717, 1.165) is 23.6 Å². The van der Waals surface area contributed by atoms with E-state index in [1.165, 1.54) is 6.07 Å². The molecule has 7 nitrogen and oxygen atoms in total. The smallest absolute Gasteiger partial charge is 0.213 e. The summed E-state index contributed by atoms with van der Waals surface area (Å²) in [6.45, 7) is 6.26. The summed E-state index contributed by atoms with van der Waals surface area (Å²) in [5, 5.41) is 19.4. The Morgan fingerprint density at radius 2 is 1.85 bits per heavy atom. The molecular formula is C31H34ClF2NO6. The normalized spacial score (nSPS) is 25.1. The van der Waals surface area contributed by atoms with Crippen molar-refractivity contribution in [2.45, 2.75) is 57.8 Å². The van der Waals surface area contributed by atoms with Gasteiger partial charge in [0.15, 0.2) is 0 Å². The van der Waals surface area contributed by atoms with Crippen LogP contribution in [0, 0.1) is 23.5 Å². The summed E-state index contributed by atoms with van der Waals surface area (Å²) in [5.74, 6) is -0.395. The van der Waals surface area contributed by atoms with E-state index in [0.29, 0.717) is 43.2 Å². The maximum Gasteiger partial charge on any atom is 0.213 e. The van der Waals surface area contributed by atoms with Gasteiger partial charge in [-0.15, -0.1) is 0 Å². The maximum atomic E-state index is 14.9. The Kier molecular flexibility index (Phi) is 8.55. The van der Waals surface area contributed by atoms with Gasteiger partial charge < -0.3 is 19.7 Å². The molecule has 2 aromatic carbocycles. The van der Waals surface area contributed by atoms with Crippen LogP contribution in [0.15, 0.2) is 42.6 Å². The number of rotatable bonds is 11. The van der Waals surface area contributed by atoms with Crippen molar-refractivity contribution in [1.29, 1.82) is 0 Å². The highest BCUT2D eigenvalue weighted by Crippen LogP contribution is 2.45. The van der Waals surface area contributed by atoms with Crippen molar-refractivity contribution in [3.63, 3.8) is 0 Å². The van der Waals surface area contributed by atoms with E-state index in [4.69, 9.17) is 30.8 Å². The molecule has 0 saturated heterocycles. The molecule has 0 spiro atoms. The number of pyridine rings is 1. The summed E-state index contributed by atoms with van der Waals surface area (Å²) in [5.41, 5.74) is 0.952. The highest BCUT2D eigenvalue weighted by molar-refractivity contribution is 6.33. The van der Waals surface area contributed by atoms with Crippen molar-refractivity contribution in [3.8, 4) is 22.8 Å². The SMILES string of the molecule is CCOOC1(C)c2cnc(OCc3cc(-c4ccc(OCC5CC(O)(CO)C5)cc4Cl)c(F)cc3F)cc2CC1C. The van der Waals surface area contributed by atoms with E-state index in [2.05, 4.69) is 11.9 Å². The quantitative estimate of drug-likeness (QED) is 0.205. The highest BCUT2D eigenvalue weighted by Gasteiger charge is 2.44. The Morgan fingerprint density at radius 1 is 1.07 bits per heavy atom. The second-order valence-corrected chi connectivity index (χ2v) is 11.6. The van der Waals surface area contributed by atoms with Gasteiger partial charge in [-0.25, -0.2) is 23.5 Å². The first-order valence-corrected chi connectivity index (χ1v) is 14.1. The van der Waals surface area contributed by atoms with E-state index in [9.17, 15) is 19.0 Å². The van der Waals surface area contributed by atoms with Gasteiger partial charge in [-0.1, -0.05) is 18.5 Å². The standard InChI is InChI=1S/C31H34ClF2NO6/c1-4-40-41-30(3)18(2)7-20-9-29(35-14-25(20)30)39-16-21-8-24(28(34)11-27(21)33)23-6-5-22(10-26(23)32)38-15-19-12-31(37,13-19)17-36/h5-6,8-11,14,18-19,36-37H,4,7,12-13,15-17H2,1-3H3. The number of hydrogen-bond acceptors (Lipinski definition) is 7. The third-order valence-electron chi connectivity index (χ3n) is 8.18. The molecule has 220 valence electrons. The van der Waals surface area contributed by atoms with E-state index >= 15 is 0 Å². The number of fused-ring (bicyclic) bond motifs is 1. The van der Waals surface area contributed by atoms with Crippen LogP contribution in [0.1, 0.15) is 50.3 Å². The van der Waals surface area contributed by atoms with E-state index in [1.807, 2.05) is 19.9 Å². The lowest BCUT2D eigenvalue weighted by Gasteiger charge is -2.42. The molecule has 0 bridgehead atoms. The Balaban J connectivity index is 1.27. The molecule has 0 amide bonds. The summed E-state index contributed by atoms with van der Waals surface area (Å²) in [4.78, 5) is 15.3. The van der Waals surface area contributed by atoms with Crippen LogP contribution < -0.4 is 9.47 Å². The van der Waals surface area contributed by atoms with Gasteiger partial charge in [0.2, 0.25) is 5.88 Å². The molecule has 2 aliphatic carbocycles. The molecule has 1 saturated carbocycles. The summed E-state index contributed by atoms with van der Waals surface area (Å²) >= 11 is 6.48. The fraction of sp³-hybridized carbons (Fsp3) is 0.452. The Hall–Kier alpha value is -2.82. The fourth-order valence-electron chi connectivity index (χ4n) is 5.61. The average molecular weight is 590 g/mol. The topological polar surface area (TPSA) is 90.3 Å². The second kappa shape index (κ2) is 11.8. The van der Waals surface area contributed by atoms with Crippen molar-refractivity contribution < 1.29 is 38.2 Å². The zero-order valence-corrected chi connectivity index (χ0v) is 24.0. The second-order valence-electron chi connectivity index (χ2n) is 11.2. The van der Waals surface area contributed by atoms with Gasteiger partial charge in [0.05, 0.1) is 30.4 Å². The minimum absolute atomic E-state index is 0.124. The van der Waals surface area contributed by atoms with Crippen LogP contribution in [0.5, 0.6) is 11.6 Å². The molecule has 41 heavy (non-hydrogen) atoms. The summed E-state index contributed by atoms with van der Waals surface area (Å²) in [7, 11) is 0. The molecule has 2 aliphatic rings. The first-order chi connectivity index (χ1) is 19.5. The van der Waals surface area contributed by atoms with Crippen LogP contribution in [-0.4, -0.2) is 40.6 Å². The van der Waals surface area contributed by atoms with Crippen molar-refractivity contribution in [1.82, 2.24) is 4.98 Å². The summed E-state index contributed by atoms with van der Waals surface area (Å²) in [6.07, 6.45) is 3.36. The van der Waals surface area contributed by atoms with Gasteiger partial charge in [0.25, 0.3) is 0 Å². The van der Waals surface area contributed by atoms with Gasteiger partial charge in [-0.2, -0.15) is 0 Å². The number of ether oxygens (including phenoxy) is 2. The van der Waals surface area contributed by atoms with Crippen LogP contribution in [0.2, 0.25) is 5.02 Å². The zero-order valence-electron chi connectivity index (χ0n) is 23.3. The number of halogens is 3. The third-order valence-corrected chi connectivity index (χ3v) is 8.49. The molecule has 3 aromatic rings. The van der Waals surface area contributed by atoms with Crippen molar-refractivity contribution in [3.05, 3.63) is 75.9 Å². The molecule has 0 aliphatic heterocycles. The first kappa shape index (κ1) is 29.7. The third kappa shape index (κ3) is 6.05. The predicted octanol–water partition coefficient (Wildman–Crippen LogP) is 6.15. The van der Waals surface area contributed by atoms with Crippen molar-refractivity contribution >= 4 is 11.6 Å². The van der Waals surface area contributed by atoms with E-state index in [1.54, 1.807) is 24.4 Å². The molecule has 2 atom stereocenters. The molecular weight excluding hydrogens is 556 g/mol. The number of benzene rings is 2. The van der Waals surface area contributed by atoms with Crippen molar-refractivity contribution in [2.24, 2.45) is 11.8 Å². The Labute approximate surface area is 242 Å². The molecule has 1 heterocycles. The molecule has 0 radical (unpaired) electrons. The van der Waals surface area contributed by atoms with Gasteiger partial charge in [0.1, 0.15) is 29.6 Å². The number of nitrogens with zero attached hydrogens (tertiary/aromatic N) is 1. The molecule has 5 rings (SSSR count). The number of aliphatic hydroxyl groups is 2. The number of aromatic nitrogens is 1. The lowest BCUT2D eigenvalue weighted by atomic mass is 9.72. The average Bonchev–Trinajstić information content (AvgIpc) is 3.18. The summed E-state index contributed by atoms with van der Waals surface area (Å²) < 4.78 is 41.2. The van der Waals surface area contributed by atoms with E-state index in [-0.39, 0.29) is 41.2 Å². The van der Waals surface area contributed by atoms with E-state index < -0.39 is 22.8 Å². The maximum absolute atomic E-state index is 14.9. The Morgan fingerprint density at radius 3 is 2.56 bits per heavy atom. The highest BCUT2D eigenvalue weighted by atomic mass is 35.5. The molecule has 1 aromatic heterocycles. The van der Waals surface area contributed by atoms with Crippen LogP contribution in [-0.2, 0) is 28.4 Å². The first-order valence-electron chi connectivity index (χ1n) is 13.7. The van der Waals surface area contributed by atoms with Crippen LogP contribution in [0.4, 0.5) is 8.78 Å². The minimum Gasteiger partial charge on any atom is -0.493 e. The lowest BCUT2D eigenvalue weighted by Crippen LogP contribution is -2.48. The predicted molar refractivity (Wildman–Crippen MR) is 149 cm³/mol. The molecule has 1 fully saturated rings. The minimum atomic E-state index is -1.02. The summed E-state index contributed by atoms with van der Waals surface area (Å²) in [6, 6.07) is 8.88. The van der Waals surface area contributed by atoms with Gasteiger partial charge in [-0.3, -0.25) is 0 Å². The van der Waals surface area contributed by atoms with Gasteiger partial charge in [-0.05, 0) is 74.8 Å². The molecule has 2 unspecified atom stereocenters. The fourth-order valence-corrected chi connectivity index (χ4v) is 5.88.